The highest BCUT2D eigenvalue weighted by atomic mass is 16.5. The first-order valence-corrected chi connectivity index (χ1v) is 8.69. The number of aromatic nitrogens is 3. The normalized spacial score (nSPS) is 23.0. The summed E-state index contributed by atoms with van der Waals surface area (Å²) in [6, 6.07) is 4.19. The van der Waals surface area contributed by atoms with E-state index in [1.807, 2.05) is 0 Å². The van der Waals surface area contributed by atoms with Gasteiger partial charge >= 0.3 is 0 Å². The highest BCUT2D eigenvalue weighted by Gasteiger charge is 2.33. The van der Waals surface area contributed by atoms with Crippen LogP contribution in [0.2, 0.25) is 0 Å². The van der Waals surface area contributed by atoms with Crippen molar-refractivity contribution in [2.75, 3.05) is 6.54 Å². The molecule has 122 valence electrons. The molecular formula is C17H22N4O2. The number of hydrogen-bond acceptors (Lipinski definition) is 5. The van der Waals surface area contributed by atoms with Crippen molar-refractivity contribution in [1.82, 2.24) is 19.8 Å². The van der Waals surface area contributed by atoms with Crippen LogP contribution in [0.25, 0.3) is 0 Å². The van der Waals surface area contributed by atoms with Gasteiger partial charge in [0.15, 0.2) is 0 Å². The van der Waals surface area contributed by atoms with Crippen molar-refractivity contribution in [1.29, 1.82) is 0 Å². The lowest BCUT2D eigenvalue weighted by Gasteiger charge is -2.26. The molecule has 0 saturated heterocycles. The van der Waals surface area contributed by atoms with Gasteiger partial charge in [0.1, 0.15) is 11.9 Å². The van der Waals surface area contributed by atoms with E-state index in [1.54, 1.807) is 0 Å². The summed E-state index contributed by atoms with van der Waals surface area (Å²) < 4.78 is 7.49. The van der Waals surface area contributed by atoms with E-state index in [0.29, 0.717) is 11.8 Å². The van der Waals surface area contributed by atoms with Gasteiger partial charge in [0.05, 0.1) is 23.6 Å². The Kier molecular flexibility index (Phi) is 3.09. The standard InChI is InChI=1S/C17H22N4O2/c22-17(12-3-4-12)15-8-14-10-20(5-6-21(14)18-15)9-13-7-16(23-19-13)11-1-2-11/h7-8,11-12,17,22H,1-6,9-10H2. The number of rotatable bonds is 5. The summed E-state index contributed by atoms with van der Waals surface area (Å²) in [5.74, 6) is 2.10. The van der Waals surface area contributed by atoms with Crippen LogP contribution in [0.3, 0.4) is 0 Å². The maximum absolute atomic E-state index is 10.3. The van der Waals surface area contributed by atoms with Gasteiger partial charge in [-0.1, -0.05) is 5.16 Å². The molecule has 1 N–H and O–H groups in total. The third-order valence-corrected chi connectivity index (χ3v) is 5.21. The van der Waals surface area contributed by atoms with Crippen molar-refractivity contribution in [2.24, 2.45) is 5.92 Å². The molecule has 0 amide bonds. The third kappa shape index (κ3) is 2.70. The second kappa shape index (κ2) is 5.18. The van der Waals surface area contributed by atoms with Crippen molar-refractivity contribution < 1.29 is 9.63 Å². The fourth-order valence-corrected chi connectivity index (χ4v) is 3.47. The minimum Gasteiger partial charge on any atom is -0.386 e. The molecule has 2 aliphatic carbocycles. The molecular weight excluding hydrogens is 292 g/mol. The first kappa shape index (κ1) is 13.7. The van der Waals surface area contributed by atoms with E-state index < -0.39 is 0 Å². The Bertz CT molecular complexity index is 714. The number of aliphatic hydroxyl groups is 1. The lowest BCUT2D eigenvalue weighted by molar-refractivity contribution is 0.147. The van der Waals surface area contributed by atoms with Crippen molar-refractivity contribution in [2.45, 2.75) is 57.3 Å². The van der Waals surface area contributed by atoms with Crippen LogP contribution in [0.5, 0.6) is 0 Å². The summed E-state index contributed by atoms with van der Waals surface area (Å²) in [7, 11) is 0. The Morgan fingerprint density at radius 1 is 1.22 bits per heavy atom. The molecule has 1 unspecified atom stereocenters. The Morgan fingerprint density at radius 2 is 2.09 bits per heavy atom. The maximum atomic E-state index is 10.3. The second-order valence-electron chi connectivity index (χ2n) is 7.27. The minimum absolute atomic E-state index is 0.377. The summed E-state index contributed by atoms with van der Waals surface area (Å²) in [4.78, 5) is 2.37. The molecule has 1 aliphatic heterocycles. The molecule has 5 rings (SSSR count). The van der Waals surface area contributed by atoms with E-state index in [4.69, 9.17) is 4.52 Å². The lowest BCUT2D eigenvalue weighted by Crippen LogP contribution is -2.33. The Balaban J connectivity index is 1.27. The lowest BCUT2D eigenvalue weighted by atomic mass is 10.1. The van der Waals surface area contributed by atoms with Gasteiger partial charge in [-0.25, -0.2) is 0 Å². The second-order valence-corrected chi connectivity index (χ2v) is 7.27. The zero-order valence-electron chi connectivity index (χ0n) is 13.2. The summed E-state index contributed by atoms with van der Waals surface area (Å²) in [6.07, 6.45) is 4.36. The minimum atomic E-state index is -0.377. The Morgan fingerprint density at radius 3 is 2.87 bits per heavy atom. The predicted octanol–water partition coefficient (Wildman–Crippen LogP) is 2.21. The monoisotopic (exact) mass is 314 g/mol. The molecule has 6 heteroatoms. The number of nitrogens with zero attached hydrogens (tertiary/aromatic N) is 4. The summed E-state index contributed by atoms with van der Waals surface area (Å²) in [6.45, 7) is 3.51. The van der Waals surface area contributed by atoms with Gasteiger partial charge in [0.2, 0.25) is 0 Å². The SMILES string of the molecule is OC(c1cc2n(n1)CCN(Cc1cc(C3CC3)on1)C2)C1CC1. The zero-order valence-corrected chi connectivity index (χ0v) is 13.2. The fourth-order valence-electron chi connectivity index (χ4n) is 3.47. The fraction of sp³-hybridized carbons (Fsp3) is 0.647. The average molecular weight is 314 g/mol. The van der Waals surface area contributed by atoms with Crippen LogP contribution in [0.1, 0.15) is 60.5 Å². The molecule has 3 aliphatic rings. The molecule has 2 aromatic rings. The largest absolute Gasteiger partial charge is 0.386 e. The molecule has 0 radical (unpaired) electrons. The van der Waals surface area contributed by atoms with Crippen LogP contribution >= 0.6 is 0 Å². The van der Waals surface area contributed by atoms with Gasteiger partial charge in [0, 0.05) is 31.6 Å². The van der Waals surface area contributed by atoms with E-state index in [1.165, 1.54) is 18.5 Å². The Labute approximate surface area is 135 Å². The maximum Gasteiger partial charge on any atom is 0.140 e. The van der Waals surface area contributed by atoms with Crippen molar-refractivity contribution in [3.63, 3.8) is 0 Å². The molecule has 2 saturated carbocycles. The van der Waals surface area contributed by atoms with Crippen LogP contribution in [0.15, 0.2) is 16.7 Å². The van der Waals surface area contributed by atoms with E-state index in [2.05, 4.69) is 32.0 Å². The summed E-state index contributed by atoms with van der Waals surface area (Å²) in [5.41, 5.74) is 3.07. The highest BCUT2D eigenvalue weighted by molar-refractivity contribution is 5.17. The molecule has 0 bridgehead atoms. The highest BCUT2D eigenvalue weighted by Crippen LogP contribution is 2.41. The van der Waals surface area contributed by atoms with Crippen LogP contribution in [0, 0.1) is 5.92 Å². The van der Waals surface area contributed by atoms with Crippen molar-refractivity contribution in [3.8, 4) is 0 Å². The van der Waals surface area contributed by atoms with Gasteiger partial charge in [0.25, 0.3) is 0 Å². The molecule has 2 aromatic heterocycles. The first-order chi connectivity index (χ1) is 11.3. The number of hydrogen-bond donors (Lipinski definition) is 1. The molecule has 3 heterocycles. The summed E-state index contributed by atoms with van der Waals surface area (Å²) >= 11 is 0. The van der Waals surface area contributed by atoms with Gasteiger partial charge in [-0.05, 0) is 37.7 Å². The van der Waals surface area contributed by atoms with E-state index in [9.17, 15) is 5.11 Å². The van der Waals surface area contributed by atoms with Gasteiger partial charge in [-0.15, -0.1) is 0 Å². The topological polar surface area (TPSA) is 67.3 Å². The number of aliphatic hydroxyl groups excluding tert-OH is 1. The predicted molar refractivity (Wildman–Crippen MR) is 82.5 cm³/mol. The van der Waals surface area contributed by atoms with E-state index in [-0.39, 0.29) is 6.10 Å². The van der Waals surface area contributed by atoms with Crippen LogP contribution in [-0.4, -0.2) is 31.5 Å². The molecule has 23 heavy (non-hydrogen) atoms. The van der Waals surface area contributed by atoms with Crippen molar-refractivity contribution >= 4 is 0 Å². The van der Waals surface area contributed by atoms with Crippen LogP contribution < -0.4 is 0 Å². The summed E-state index contributed by atoms with van der Waals surface area (Å²) in [5, 5.41) is 19.1. The van der Waals surface area contributed by atoms with Gasteiger partial charge < -0.3 is 9.63 Å². The average Bonchev–Trinajstić information content (AvgIpc) is 3.48. The zero-order chi connectivity index (χ0) is 15.4. The van der Waals surface area contributed by atoms with E-state index >= 15 is 0 Å². The first-order valence-electron chi connectivity index (χ1n) is 8.69. The van der Waals surface area contributed by atoms with Crippen LogP contribution in [0.4, 0.5) is 0 Å². The van der Waals surface area contributed by atoms with Gasteiger partial charge in [-0.3, -0.25) is 9.58 Å². The molecule has 2 fully saturated rings. The van der Waals surface area contributed by atoms with Gasteiger partial charge in [-0.2, -0.15) is 5.10 Å². The molecule has 0 aromatic carbocycles. The molecule has 6 nitrogen and oxygen atoms in total. The molecule has 0 spiro atoms. The van der Waals surface area contributed by atoms with E-state index in [0.717, 1.165) is 56.2 Å². The quantitative estimate of drug-likeness (QED) is 0.916. The molecule has 1 atom stereocenters. The Hall–Kier alpha value is -1.66. The van der Waals surface area contributed by atoms with Crippen molar-refractivity contribution in [3.05, 3.63) is 35.0 Å². The smallest absolute Gasteiger partial charge is 0.140 e. The van der Waals surface area contributed by atoms with Crippen LogP contribution in [-0.2, 0) is 19.6 Å². The number of fused-ring (bicyclic) bond motifs is 1. The third-order valence-electron chi connectivity index (χ3n) is 5.21.